The highest BCUT2D eigenvalue weighted by Gasteiger charge is 2.34. The third kappa shape index (κ3) is 4.04. The van der Waals surface area contributed by atoms with Crippen molar-refractivity contribution in [1.82, 2.24) is 14.7 Å². The lowest BCUT2D eigenvalue weighted by Gasteiger charge is -2.38. The minimum absolute atomic E-state index is 0.0602. The van der Waals surface area contributed by atoms with E-state index in [0.717, 1.165) is 43.4 Å². The van der Waals surface area contributed by atoms with E-state index >= 15 is 0 Å². The first-order valence-corrected chi connectivity index (χ1v) is 11.6. The van der Waals surface area contributed by atoms with Crippen LogP contribution in [0.5, 0.6) is 0 Å². The fourth-order valence-corrected chi connectivity index (χ4v) is 5.31. The number of benzene rings is 1. The van der Waals surface area contributed by atoms with Crippen molar-refractivity contribution in [3.63, 3.8) is 0 Å². The van der Waals surface area contributed by atoms with Crippen molar-refractivity contribution in [2.45, 2.75) is 32.2 Å². The van der Waals surface area contributed by atoms with Gasteiger partial charge in [-0.25, -0.2) is 0 Å². The standard InChI is InChI=1S/C25H29N3O4/c29-23(26-11-13-27(14-12-26)25(31)22-6-3-15-32-22)19-9-7-18(8-10-19)16-28-17-20-4-1-2-5-21(20)24(28)30/h1-6,15,18-19H,7-14,16-17H2. The van der Waals surface area contributed by atoms with Gasteiger partial charge in [-0.05, 0) is 55.4 Å². The third-order valence-corrected chi connectivity index (χ3v) is 7.18. The van der Waals surface area contributed by atoms with Gasteiger partial charge in [0.2, 0.25) is 5.91 Å². The fourth-order valence-electron chi connectivity index (χ4n) is 5.31. The number of furan rings is 1. The minimum atomic E-state index is -0.110. The number of carbonyl (C=O) groups is 3. The first kappa shape index (κ1) is 20.8. The van der Waals surface area contributed by atoms with Gasteiger partial charge in [-0.3, -0.25) is 14.4 Å². The van der Waals surface area contributed by atoms with Crippen LogP contribution in [0.2, 0.25) is 0 Å². The lowest BCUT2D eigenvalue weighted by molar-refractivity contribution is -0.138. The average Bonchev–Trinajstić information content (AvgIpc) is 3.48. The third-order valence-electron chi connectivity index (χ3n) is 7.18. The predicted octanol–water partition coefficient (Wildman–Crippen LogP) is 3.03. The maximum absolute atomic E-state index is 13.0. The molecule has 0 unspecified atom stereocenters. The smallest absolute Gasteiger partial charge is 0.289 e. The molecule has 7 nitrogen and oxygen atoms in total. The number of rotatable bonds is 4. The maximum atomic E-state index is 13.0. The van der Waals surface area contributed by atoms with E-state index in [4.69, 9.17) is 4.42 Å². The molecule has 168 valence electrons. The zero-order chi connectivity index (χ0) is 22.1. The summed E-state index contributed by atoms with van der Waals surface area (Å²) >= 11 is 0. The first-order chi connectivity index (χ1) is 15.6. The molecule has 2 aliphatic heterocycles. The Hall–Kier alpha value is -3.09. The van der Waals surface area contributed by atoms with E-state index in [-0.39, 0.29) is 23.6 Å². The van der Waals surface area contributed by atoms with Crippen molar-refractivity contribution in [2.75, 3.05) is 32.7 Å². The number of piperazine rings is 1. The summed E-state index contributed by atoms with van der Waals surface area (Å²) in [5.74, 6) is 1.12. The van der Waals surface area contributed by atoms with Crippen molar-refractivity contribution in [3.05, 3.63) is 59.5 Å². The van der Waals surface area contributed by atoms with Crippen LogP contribution in [0.15, 0.2) is 47.1 Å². The molecule has 1 saturated carbocycles. The number of fused-ring (bicyclic) bond motifs is 1. The maximum Gasteiger partial charge on any atom is 0.289 e. The van der Waals surface area contributed by atoms with Gasteiger partial charge >= 0.3 is 0 Å². The Morgan fingerprint density at radius 1 is 0.906 bits per heavy atom. The highest BCUT2D eigenvalue weighted by Crippen LogP contribution is 2.33. The summed E-state index contributed by atoms with van der Waals surface area (Å²) in [4.78, 5) is 43.7. The molecule has 0 bridgehead atoms. The van der Waals surface area contributed by atoms with Crippen molar-refractivity contribution in [2.24, 2.45) is 11.8 Å². The first-order valence-electron chi connectivity index (χ1n) is 11.6. The summed E-state index contributed by atoms with van der Waals surface area (Å²) in [7, 11) is 0. The van der Waals surface area contributed by atoms with Crippen molar-refractivity contribution in [1.29, 1.82) is 0 Å². The molecule has 0 radical (unpaired) electrons. The zero-order valence-electron chi connectivity index (χ0n) is 18.2. The van der Waals surface area contributed by atoms with Gasteiger partial charge in [-0.15, -0.1) is 0 Å². The Bertz CT molecular complexity index is 986. The molecule has 1 saturated heterocycles. The highest BCUT2D eigenvalue weighted by atomic mass is 16.3. The molecule has 1 aromatic carbocycles. The molecule has 3 aliphatic rings. The van der Waals surface area contributed by atoms with Gasteiger partial charge < -0.3 is 19.1 Å². The van der Waals surface area contributed by atoms with E-state index in [1.165, 1.54) is 6.26 Å². The second-order valence-corrected chi connectivity index (χ2v) is 9.16. The number of hydrogen-bond donors (Lipinski definition) is 0. The molecule has 0 atom stereocenters. The Morgan fingerprint density at radius 3 is 2.31 bits per heavy atom. The lowest BCUT2D eigenvalue weighted by atomic mass is 9.81. The van der Waals surface area contributed by atoms with Crippen LogP contribution in [-0.4, -0.2) is 65.1 Å². The van der Waals surface area contributed by atoms with Gasteiger partial charge in [-0.2, -0.15) is 0 Å². The monoisotopic (exact) mass is 435 g/mol. The SMILES string of the molecule is O=C(c1ccco1)N1CCN(C(=O)C2CCC(CN3Cc4ccccc4C3=O)CC2)CC1. The van der Waals surface area contributed by atoms with Gasteiger partial charge in [0.15, 0.2) is 5.76 Å². The quantitative estimate of drug-likeness (QED) is 0.740. The molecule has 7 heteroatoms. The Kier molecular flexibility index (Phi) is 5.72. The van der Waals surface area contributed by atoms with Crippen LogP contribution in [0.3, 0.4) is 0 Å². The van der Waals surface area contributed by atoms with Crippen molar-refractivity contribution < 1.29 is 18.8 Å². The summed E-state index contributed by atoms with van der Waals surface area (Å²) in [6.07, 6.45) is 5.22. The van der Waals surface area contributed by atoms with E-state index in [9.17, 15) is 14.4 Å². The van der Waals surface area contributed by atoms with Crippen LogP contribution in [-0.2, 0) is 11.3 Å². The van der Waals surface area contributed by atoms with Crippen LogP contribution in [0.4, 0.5) is 0 Å². The van der Waals surface area contributed by atoms with E-state index in [0.29, 0.717) is 44.4 Å². The van der Waals surface area contributed by atoms with Crippen molar-refractivity contribution in [3.8, 4) is 0 Å². The second-order valence-electron chi connectivity index (χ2n) is 9.16. The molecule has 0 N–H and O–H groups in total. The van der Waals surface area contributed by atoms with Gasteiger partial charge in [0.1, 0.15) is 0 Å². The molecule has 5 rings (SSSR count). The molecule has 3 amide bonds. The van der Waals surface area contributed by atoms with Crippen LogP contribution < -0.4 is 0 Å². The molecular weight excluding hydrogens is 406 g/mol. The minimum Gasteiger partial charge on any atom is -0.459 e. The fraction of sp³-hybridized carbons (Fsp3) is 0.480. The molecule has 32 heavy (non-hydrogen) atoms. The normalized spacial score (nSPS) is 23.4. The number of amides is 3. The summed E-state index contributed by atoms with van der Waals surface area (Å²) in [5, 5.41) is 0. The summed E-state index contributed by atoms with van der Waals surface area (Å²) < 4.78 is 5.20. The predicted molar refractivity (Wildman–Crippen MR) is 118 cm³/mol. The summed E-state index contributed by atoms with van der Waals surface area (Å²) in [6, 6.07) is 11.2. The van der Waals surface area contributed by atoms with E-state index in [2.05, 4.69) is 0 Å². The van der Waals surface area contributed by atoms with Gasteiger partial charge in [0.25, 0.3) is 11.8 Å². The van der Waals surface area contributed by atoms with Crippen LogP contribution in [0, 0.1) is 11.8 Å². The summed E-state index contributed by atoms with van der Waals surface area (Å²) in [5.41, 5.74) is 1.95. The Balaban J connectivity index is 1.08. The lowest BCUT2D eigenvalue weighted by Crippen LogP contribution is -2.52. The van der Waals surface area contributed by atoms with E-state index in [1.54, 1.807) is 17.0 Å². The van der Waals surface area contributed by atoms with Crippen LogP contribution in [0.1, 0.15) is 52.2 Å². The topological polar surface area (TPSA) is 74.1 Å². The number of nitrogens with zero attached hydrogens (tertiary/aromatic N) is 3. The van der Waals surface area contributed by atoms with Crippen LogP contribution >= 0.6 is 0 Å². The second kappa shape index (κ2) is 8.81. The Morgan fingerprint density at radius 2 is 1.62 bits per heavy atom. The largest absolute Gasteiger partial charge is 0.459 e. The summed E-state index contributed by atoms with van der Waals surface area (Å²) in [6.45, 7) is 3.71. The Labute approximate surface area is 188 Å². The van der Waals surface area contributed by atoms with Gasteiger partial charge in [-0.1, -0.05) is 18.2 Å². The highest BCUT2D eigenvalue weighted by molar-refractivity contribution is 5.98. The number of carbonyl (C=O) groups excluding carboxylic acids is 3. The molecule has 1 aliphatic carbocycles. The number of hydrogen-bond acceptors (Lipinski definition) is 4. The molecule has 3 heterocycles. The van der Waals surface area contributed by atoms with E-state index < -0.39 is 0 Å². The van der Waals surface area contributed by atoms with Crippen LogP contribution in [0.25, 0.3) is 0 Å². The molecule has 1 aromatic heterocycles. The zero-order valence-corrected chi connectivity index (χ0v) is 18.2. The van der Waals surface area contributed by atoms with Crippen molar-refractivity contribution >= 4 is 17.7 Å². The molecular formula is C25H29N3O4. The average molecular weight is 436 g/mol. The van der Waals surface area contributed by atoms with Gasteiger partial charge in [0.05, 0.1) is 6.26 Å². The molecule has 2 aromatic rings. The van der Waals surface area contributed by atoms with E-state index in [1.807, 2.05) is 34.1 Å². The molecule has 0 spiro atoms. The molecule has 2 fully saturated rings. The van der Waals surface area contributed by atoms with Gasteiger partial charge in [0, 0.05) is 50.7 Å².